The van der Waals surface area contributed by atoms with Crippen molar-refractivity contribution in [3.05, 3.63) is 59.7 Å². The Balaban J connectivity index is 2.43. The number of benzene rings is 2. The molecule has 0 bridgehead atoms. The van der Waals surface area contributed by atoms with Gasteiger partial charge in [-0.05, 0) is 35.7 Å². The summed E-state index contributed by atoms with van der Waals surface area (Å²) in [4.78, 5) is 10.9. The normalized spacial score (nSPS) is 10.1. The number of carbonyl (C=O) groups excluding carboxylic acids is 1. The molecule has 2 N–H and O–H groups in total. The molecule has 1 amide bonds. The van der Waals surface area contributed by atoms with E-state index < -0.39 is 5.91 Å². The SMILES string of the molecule is Cc1ccccc1-c1ccc(C(N)=O)cc1. The Morgan fingerprint density at radius 3 is 2.19 bits per heavy atom. The fourth-order valence-corrected chi connectivity index (χ4v) is 1.71. The fourth-order valence-electron chi connectivity index (χ4n) is 1.71. The van der Waals surface area contributed by atoms with Crippen LogP contribution < -0.4 is 5.73 Å². The highest BCUT2D eigenvalue weighted by Gasteiger charge is 2.02. The van der Waals surface area contributed by atoms with E-state index in [9.17, 15) is 4.79 Å². The van der Waals surface area contributed by atoms with E-state index in [-0.39, 0.29) is 0 Å². The highest BCUT2D eigenvalue weighted by molar-refractivity contribution is 5.93. The summed E-state index contributed by atoms with van der Waals surface area (Å²) in [5, 5.41) is 0. The van der Waals surface area contributed by atoms with Crippen LogP contribution in [0, 0.1) is 6.92 Å². The van der Waals surface area contributed by atoms with Crippen molar-refractivity contribution in [1.82, 2.24) is 0 Å². The lowest BCUT2D eigenvalue weighted by Gasteiger charge is -2.05. The second-order valence-electron chi connectivity index (χ2n) is 3.76. The van der Waals surface area contributed by atoms with Crippen LogP contribution in [0.4, 0.5) is 0 Å². The number of hydrogen-bond acceptors (Lipinski definition) is 1. The van der Waals surface area contributed by atoms with Crippen molar-refractivity contribution in [3.63, 3.8) is 0 Å². The molecular formula is C14H13NO. The molecule has 0 heterocycles. The van der Waals surface area contributed by atoms with Crippen molar-refractivity contribution in [3.8, 4) is 11.1 Å². The molecule has 2 rings (SSSR count). The Hall–Kier alpha value is -2.09. The van der Waals surface area contributed by atoms with Gasteiger partial charge in [-0.3, -0.25) is 4.79 Å². The van der Waals surface area contributed by atoms with Gasteiger partial charge in [-0.1, -0.05) is 36.4 Å². The van der Waals surface area contributed by atoms with E-state index in [0.717, 1.165) is 5.56 Å². The Morgan fingerprint density at radius 2 is 1.62 bits per heavy atom. The second-order valence-corrected chi connectivity index (χ2v) is 3.76. The monoisotopic (exact) mass is 211 g/mol. The zero-order valence-electron chi connectivity index (χ0n) is 9.10. The van der Waals surface area contributed by atoms with Crippen LogP contribution in [0.2, 0.25) is 0 Å². The van der Waals surface area contributed by atoms with Crippen molar-refractivity contribution >= 4 is 5.91 Å². The van der Waals surface area contributed by atoms with Gasteiger partial charge in [0.15, 0.2) is 0 Å². The highest BCUT2D eigenvalue weighted by Crippen LogP contribution is 2.23. The number of nitrogens with two attached hydrogens (primary N) is 1. The number of carbonyl (C=O) groups is 1. The predicted octanol–water partition coefficient (Wildman–Crippen LogP) is 2.76. The zero-order chi connectivity index (χ0) is 11.5. The minimum atomic E-state index is -0.392. The molecule has 2 aromatic carbocycles. The molecule has 0 radical (unpaired) electrons. The fraction of sp³-hybridized carbons (Fsp3) is 0.0714. The third-order valence-electron chi connectivity index (χ3n) is 2.63. The average molecular weight is 211 g/mol. The molecule has 2 aromatic rings. The lowest BCUT2D eigenvalue weighted by atomic mass is 9.99. The molecule has 0 aliphatic rings. The molecule has 0 aromatic heterocycles. The minimum absolute atomic E-state index is 0.392. The molecule has 2 heteroatoms. The third-order valence-corrected chi connectivity index (χ3v) is 2.63. The van der Waals surface area contributed by atoms with Crippen LogP contribution in [0.15, 0.2) is 48.5 Å². The van der Waals surface area contributed by atoms with Gasteiger partial charge < -0.3 is 5.73 Å². The van der Waals surface area contributed by atoms with Crippen molar-refractivity contribution in [1.29, 1.82) is 0 Å². The summed E-state index contributed by atoms with van der Waals surface area (Å²) in [6.07, 6.45) is 0. The molecule has 0 aliphatic carbocycles. The second kappa shape index (κ2) is 4.19. The van der Waals surface area contributed by atoms with Gasteiger partial charge in [0.2, 0.25) is 5.91 Å². The van der Waals surface area contributed by atoms with E-state index in [1.165, 1.54) is 11.1 Å². The van der Waals surface area contributed by atoms with Crippen LogP contribution >= 0.6 is 0 Å². The average Bonchev–Trinajstić information content (AvgIpc) is 2.30. The predicted molar refractivity (Wildman–Crippen MR) is 65.1 cm³/mol. The van der Waals surface area contributed by atoms with Gasteiger partial charge >= 0.3 is 0 Å². The first-order valence-electron chi connectivity index (χ1n) is 5.14. The van der Waals surface area contributed by atoms with Crippen LogP contribution in [0.3, 0.4) is 0 Å². The summed E-state index contributed by atoms with van der Waals surface area (Å²) in [5.41, 5.74) is 9.23. The van der Waals surface area contributed by atoms with E-state index >= 15 is 0 Å². The summed E-state index contributed by atoms with van der Waals surface area (Å²) in [6.45, 7) is 2.07. The lowest BCUT2D eigenvalue weighted by Crippen LogP contribution is -2.10. The Morgan fingerprint density at radius 1 is 1.00 bits per heavy atom. The number of hydrogen-bond donors (Lipinski definition) is 1. The van der Waals surface area contributed by atoms with Gasteiger partial charge in [0.05, 0.1) is 0 Å². The standard InChI is InChI=1S/C14H13NO/c1-10-4-2-3-5-13(10)11-6-8-12(9-7-11)14(15)16/h2-9H,1H3,(H2,15,16). The minimum Gasteiger partial charge on any atom is -0.366 e. The number of aryl methyl sites for hydroxylation is 1. The lowest BCUT2D eigenvalue weighted by molar-refractivity contribution is 0.100. The summed E-state index contributed by atoms with van der Waals surface area (Å²) in [5.74, 6) is -0.392. The van der Waals surface area contributed by atoms with Gasteiger partial charge in [0.1, 0.15) is 0 Å². The molecule has 16 heavy (non-hydrogen) atoms. The molecule has 0 atom stereocenters. The Kier molecular flexibility index (Phi) is 2.73. The number of amides is 1. The van der Waals surface area contributed by atoms with Crippen LogP contribution in [0.5, 0.6) is 0 Å². The smallest absolute Gasteiger partial charge is 0.248 e. The quantitative estimate of drug-likeness (QED) is 0.815. The molecule has 0 fully saturated rings. The highest BCUT2D eigenvalue weighted by atomic mass is 16.1. The molecule has 2 nitrogen and oxygen atoms in total. The van der Waals surface area contributed by atoms with E-state index in [1.807, 2.05) is 24.3 Å². The maximum atomic E-state index is 10.9. The van der Waals surface area contributed by atoms with Crippen molar-refractivity contribution in [2.45, 2.75) is 6.92 Å². The van der Waals surface area contributed by atoms with E-state index in [2.05, 4.69) is 19.1 Å². The summed E-state index contributed by atoms with van der Waals surface area (Å²) in [7, 11) is 0. The molecule has 0 aliphatic heterocycles. The van der Waals surface area contributed by atoms with Crippen LogP contribution in [0.25, 0.3) is 11.1 Å². The summed E-state index contributed by atoms with van der Waals surface area (Å²) >= 11 is 0. The Bertz CT molecular complexity index is 515. The van der Waals surface area contributed by atoms with Crippen molar-refractivity contribution < 1.29 is 4.79 Å². The molecule has 0 spiro atoms. The van der Waals surface area contributed by atoms with Crippen LogP contribution in [-0.2, 0) is 0 Å². The van der Waals surface area contributed by atoms with Gasteiger partial charge in [-0.25, -0.2) is 0 Å². The topological polar surface area (TPSA) is 43.1 Å². The van der Waals surface area contributed by atoms with Crippen LogP contribution in [-0.4, -0.2) is 5.91 Å². The van der Waals surface area contributed by atoms with E-state index in [1.54, 1.807) is 12.1 Å². The summed E-state index contributed by atoms with van der Waals surface area (Å²) in [6, 6.07) is 15.5. The number of rotatable bonds is 2. The molecule has 0 saturated heterocycles. The number of primary amides is 1. The molecular weight excluding hydrogens is 198 g/mol. The van der Waals surface area contributed by atoms with Crippen molar-refractivity contribution in [2.24, 2.45) is 5.73 Å². The third kappa shape index (κ3) is 1.96. The first-order valence-corrected chi connectivity index (χ1v) is 5.14. The summed E-state index contributed by atoms with van der Waals surface area (Å²) < 4.78 is 0. The van der Waals surface area contributed by atoms with E-state index in [4.69, 9.17) is 5.73 Å². The molecule has 80 valence electrons. The Labute approximate surface area is 94.7 Å². The maximum Gasteiger partial charge on any atom is 0.248 e. The van der Waals surface area contributed by atoms with Crippen molar-refractivity contribution in [2.75, 3.05) is 0 Å². The van der Waals surface area contributed by atoms with E-state index in [0.29, 0.717) is 5.56 Å². The first kappa shape index (κ1) is 10.4. The van der Waals surface area contributed by atoms with Crippen LogP contribution in [0.1, 0.15) is 15.9 Å². The van der Waals surface area contributed by atoms with Gasteiger partial charge in [0, 0.05) is 5.56 Å². The molecule has 0 unspecified atom stereocenters. The first-order chi connectivity index (χ1) is 7.68. The largest absolute Gasteiger partial charge is 0.366 e. The van der Waals surface area contributed by atoms with Gasteiger partial charge in [-0.15, -0.1) is 0 Å². The molecule has 0 saturated carbocycles. The maximum absolute atomic E-state index is 10.9. The van der Waals surface area contributed by atoms with Gasteiger partial charge in [-0.2, -0.15) is 0 Å². The zero-order valence-corrected chi connectivity index (χ0v) is 9.10. The van der Waals surface area contributed by atoms with Gasteiger partial charge in [0.25, 0.3) is 0 Å².